The first-order chi connectivity index (χ1) is 12.2. The first kappa shape index (κ1) is 15.3. The number of hydrogen-bond acceptors (Lipinski definition) is 5. The van der Waals surface area contributed by atoms with Crippen LogP contribution in [0.3, 0.4) is 0 Å². The van der Waals surface area contributed by atoms with Gasteiger partial charge in [-0.3, -0.25) is 4.79 Å². The second-order valence-electron chi connectivity index (χ2n) is 6.02. The Balaban J connectivity index is 1.38. The summed E-state index contributed by atoms with van der Waals surface area (Å²) in [5, 5.41) is 16.8. The quantitative estimate of drug-likeness (QED) is 0.761. The molecule has 0 saturated carbocycles. The van der Waals surface area contributed by atoms with Crippen LogP contribution in [-0.4, -0.2) is 32.6 Å². The minimum atomic E-state index is -0.490. The molecule has 2 N–H and O–H groups in total. The van der Waals surface area contributed by atoms with Crippen LogP contribution in [0.4, 0.5) is 0 Å². The largest absolute Gasteiger partial charge is 0.480 e. The van der Waals surface area contributed by atoms with E-state index in [0.29, 0.717) is 12.4 Å². The molecule has 0 aliphatic carbocycles. The van der Waals surface area contributed by atoms with Crippen LogP contribution in [0.5, 0.6) is 5.75 Å². The molecular weight excluding hydrogens is 318 g/mol. The normalized spacial score (nSPS) is 18.4. The fourth-order valence-corrected chi connectivity index (χ4v) is 2.99. The number of amides is 1. The first-order valence-corrected chi connectivity index (χ1v) is 8.08. The molecule has 0 unspecified atom stereocenters. The van der Waals surface area contributed by atoms with E-state index in [1.165, 1.54) is 0 Å². The van der Waals surface area contributed by atoms with Gasteiger partial charge in [0.15, 0.2) is 6.10 Å². The van der Waals surface area contributed by atoms with Gasteiger partial charge >= 0.3 is 0 Å². The highest BCUT2D eigenvalue weighted by atomic mass is 16.5. The Labute approximate surface area is 144 Å². The second kappa shape index (κ2) is 6.35. The number of aromatic amines is 1. The molecule has 1 aliphatic rings. The molecule has 1 amide bonds. The Hall–Kier alpha value is -3.22. The lowest BCUT2D eigenvalue weighted by atomic mass is 9.97. The van der Waals surface area contributed by atoms with E-state index < -0.39 is 6.10 Å². The molecule has 0 bridgehead atoms. The zero-order valence-corrected chi connectivity index (χ0v) is 13.6. The molecule has 2 heterocycles. The van der Waals surface area contributed by atoms with E-state index in [2.05, 4.69) is 25.9 Å². The van der Waals surface area contributed by atoms with Gasteiger partial charge in [-0.2, -0.15) is 5.21 Å². The number of H-pyrrole nitrogens is 1. The monoisotopic (exact) mass is 335 g/mol. The number of nitrogens with zero attached hydrogens (tertiary/aromatic N) is 3. The molecule has 4 rings (SSSR count). The molecule has 1 aromatic heterocycles. The highest BCUT2D eigenvalue weighted by molar-refractivity contribution is 5.83. The van der Waals surface area contributed by atoms with E-state index in [4.69, 9.17) is 4.74 Å². The predicted molar refractivity (Wildman–Crippen MR) is 90.7 cm³/mol. The number of tetrazole rings is 1. The van der Waals surface area contributed by atoms with Crippen LogP contribution >= 0.6 is 0 Å². The Bertz CT molecular complexity index is 877. The third kappa shape index (κ3) is 2.96. The van der Waals surface area contributed by atoms with Crippen molar-refractivity contribution < 1.29 is 9.53 Å². The molecule has 126 valence electrons. The minimum Gasteiger partial charge on any atom is -0.480 e. The lowest BCUT2D eigenvalue weighted by Crippen LogP contribution is -2.38. The fraction of sp³-hybridized carbons (Fsp3) is 0.222. The maximum atomic E-state index is 12.5. The molecule has 1 aliphatic heterocycles. The van der Waals surface area contributed by atoms with Gasteiger partial charge in [-0.05, 0) is 16.8 Å². The summed E-state index contributed by atoms with van der Waals surface area (Å²) in [6, 6.07) is 15.4. The molecule has 0 radical (unpaired) electrons. The van der Waals surface area contributed by atoms with Crippen molar-refractivity contribution in [2.24, 2.45) is 0 Å². The van der Waals surface area contributed by atoms with Crippen LogP contribution in [0, 0.1) is 0 Å². The SMILES string of the molecule is C[C@@H]1c2ccccc2O[C@@H]1C(=O)NCc1ccc(-c2nn[nH]n2)cc1. The summed E-state index contributed by atoms with van der Waals surface area (Å²) in [5.74, 6) is 1.27. The van der Waals surface area contributed by atoms with Gasteiger partial charge in [0.2, 0.25) is 5.82 Å². The highest BCUT2D eigenvalue weighted by Gasteiger charge is 2.35. The maximum Gasteiger partial charge on any atom is 0.261 e. The van der Waals surface area contributed by atoms with Crippen LogP contribution in [-0.2, 0) is 11.3 Å². The molecule has 25 heavy (non-hydrogen) atoms. The molecule has 3 aromatic rings. The van der Waals surface area contributed by atoms with Crippen LogP contribution in [0.25, 0.3) is 11.4 Å². The van der Waals surface area contributed by atoms with Crippen molar-refractivity contribution in [1.82, 2.24) is 25.9 Å². The third-order valence-electron chi connectivity index (χ3n) is 4.40. The molecule has 2 aromatic carbocycles. The molecule has 7 nitrogen and oxygen atoms in total. The van der Waals surface area contributed by atoms with Gasteiger partial charge in [-0.25, -0.2) is 0 Å². The Kier molecular flexibility index (Phi) is 3.89. The lowest BCUT2D eigenvalue weighted by Gasteiger charge is -2.15. The summed E-state index contributed by atoms with van der Waals surface area (Å²) < 4.78 is 5.80. The Morgan fingerprint density at radius 1 is 1.20 bits per heavy atom. The topological polar surface area (TPSA) is 92.8 Å². The zero-order valence-electron chi connectivity index (χ0n) is 13.6. The van der Waals surface area contributed by atoms with Crippen LogP contribution in [0.1, 0.15) is 24.0 Å². The van der Waals surface area contributed by atoms with E-state index in [9.17, 15) is 4.79 Å². The van der Waals surface area contributed by atoms with Crippen molar-refractivity contribution >= 4 is 5.91 Å². The summed E-state index contributed by atoms with van der Waals surface area (Å²) in [6.07, 6.45) is -0.490. The number of fused-ring (bicyclic) bond motifs is 1. The van der Waals surface area contributed by atoms with Crippen molar-refractivity contribution in [2.75, 3.05) is 0 Å². The van der Waals surface area contributed by atoms with Gasteiger partial charge in [-0.15, -0.1) is 10.2 Å². The lowest BCUT2D eigenvalue weighted by molar-refractivity contribution is -0.128. The molecule has 2 atom stereocenters. The van der Waals surface area contributed by atoms with Crippen molar-refractivity contribution in [2.45, 2.75) is 25.5 Å². The number of aromatic nitrogens is 4. The van der Waals surface area contributed by atoms with Crippen molar-refractivity contribution in [3.8, 4) is 17.1 Å². The molecular formula is C18H17N5O2. The van der Waals surface area contributed by atoms with Crippen molar-refractivity contribution in [3.05, 3.63) is 59.7 Å². The highest BCUT2D eigenvalue weighted by Crippen LogP contribution is 2.37. The van der Waals surface area contributed by atoms with Crippen molar-refractivity contribution in [1.29, 1.82) is 0 Å². The number of ether oxygens (including phenoxy) is 1. The maximum absolute atomic E-state index is 12.5. The summed E-state index contributed by atoms with van der Waals surface area (Å²) in [5.41, 5.74) is 2.93. The smallest absolute Gasteiger partial charge is 0.261 e. The average Bonchev–Trinajstić information content (AvgIpc) is 3.29. The minimum absolute atomic E-state index is 0.0387. The third-order valence-corrected chi connectivity index (χ3v) is 4.40. The zero-order chi connectivity index (χ0) is 17.2. The van der Waals surface area contributed by atoms with Crippen molar-refractivity contribution in [3.63, 3.8) is 0 Å². The summed E-state index contributed by atoms with van der Waals surface area (Å²) in [4.78, 5) is 12.5. The summed E-state index contributed by atoms with van der Waals surface area (Å²) in [7, 11) is 0. The number of rotatable bonds is 4. The fourth-order valence-electron chi connectivity index (χ4n) is 2.99. The second-order valence-corrected chi connectivity index (χ2v) is 6.02. The van der Waals surface area contributed by atoms with Crippen LogP contribution in [0.15, 0.2) is 48.5 Å². The van der Waals surface area contributed by atoms with Crippen LogP contribution in [0.2, 0.25) is 0 Å². The molecule has 7 heteroatoms. The average molecular weight is 335 g/mol. The van der Waals surface area contributed by atoms with E-state index in [1.807, 2.05) is 55.5 Å². The van der Waals surface area contributed by atoms with Gasteiger partial charge in [-0.1, -0.05) is 49.4 Å². The van der Waals surface area contributed by atoms with Crippen LogP contribution < -0.4 is 10.1 Å². The summed E-state index contributed by atoms with van der Waals surface area (Å²) in [6.45, 7) is 2.45. The summed E-state index contributed by atoms with van der Waals surface area (Å²) >= 11 is 0. The van der Waals surface area contributed by atoms with Gasteiger partial charge < -0.3 is 10.1 Å². The number of carbonyl (C=O) groups excluding carboxylic acids is 1. The van der Waals surface area contributed by atoms with E-state index in [1.54, 1.807) is 0 Å². The van der Waals surface area contributed by atoms with Gasteiger partial charge in [0.1, 0.15) is 5.75 Å². The number of para-hydroxylation sites is 1. The molecule has 0 spiro atoms. The number of benzene rings is 2. The number of nitrogens with one attached hydrogen (secondary N) is 2. The van der Waals surface area contributed by atoms with Gasteiger partial charge in [0, 0.05) is 23.6 Å². The predicted octanol–water partition coefficient (Wildman–Crippen LogP) is 2.05. The first-order valence-electron chi connectivity index (χ1n) is 8.08. The Morgan fingerprint density at radius 2 is 2.00 bits per heavy atom. The van der Waals surface area contributed by atoms with E-state index >= 15 is 0 Å². The standard InChI is InChI=1S/C18H17N5O2/c1-11-14-4-2-3-5-15(14)25-16(11)18(24)19-10-12-6-8-13(9-7-12)17-20-22-23-21-17/h2-9,11,16H,10H2,1H3,(H,19,24)(H,20,21,22,23)/t11-,16+/m1/s1. The Morgan fingerprint density at radius 3 is 2.72 bits per heavy atom. The van der Waals surface area contributed by atoms with E-state index in [0.717, 1.165) is 22.4 Å². The molecule has 0 saturated heterocycles. The van der Waals surface area contributed by atoms with E-state index in [-0.39, 0.29) is 11.8 Å². The molecule has 0 fully saturated rings. The number of hydrogen-bond donors (Lipinski definition) is 2. The van der Waals surface area contributed by atoms with Gasteiger partial charge in [0.05, 0.1) is 0 Å². The number of carbonyl (C=O) groups is 1. The van der Waals surface area contributed by atoms with Gasteiger partial charge in [0.25, 0.3) is 5.91 Å².